The molecule has 0 amide bonds. The van der Waals surface area contributed by atoms with Crippen LogP contribution in [0.2, 0.25) is 5.02 Å². The third-order valence-corrected chi connectivity index (χ3v) is 3.13. The van der Waals surface area contributed by atoms with Crippen molar-refractivity contribution in [1.82, 2.24) is 0 Å². The first-order valence-corrected chi connectivity index (χ1v) is 7.26. The summed E-state index contributed by atoms with van der Waals surface area (Å²) in [6.07, 6.45) is 0. The van der Waals surface area contributed by atoms with Gasteiger partial charge in [0.25, 0.3) is 0 Å². The lowest BCUT2D eigenvalue weighted by atomic mass is 10.2. The third kappa shape index (κ3) is 6.85. The molecule has 0 fully saturated rings. The minimum absolute atomic E-state index is 0. The van der Waals surface area contributed by atoms with Crippen LogP contribution in [0.1, 0.15) is 23.3 Å². The molecule has 2 aromatic rings. The Hall–Kier alpha value is -1.16. The summed E-state index contributed by atoms with van der Waals surface area (Å²) in [6.45, 7) is 0.581. The Kier molecular flexibility index (Phi) is 9.99. The highest BCUT2D eigenvalue weighted by Gasteiger charge is 1.99. The number of hydrogen-bond acceptors (Lipinski definition) is 2. The summed E-state index contributed by atoms with van der Waals surface area (Å²) in [4.78, 5) is 11.0. The topological polar surface area (TPSA) is 43.1 Å². The molecule has 2 N–H and O–H groups in total. The smallest absolute Gasteiger partial charge is 0.173 e. The number of ketones is 1. The molecule has 108 valence electrons. The number of halogens is 2. The molecule has 2 rings (SSSR count). The van der Waals surface area contributed by atoms with Crippen LogP contribution in [0.3, 0.4) is 0 Å². The number of benzene rings is 2. The molecular weight excluding hydrogens is 338 g/mol. The number of alkyl halides is 1. The molecule has 20 heavy (non-hydrogen) atoms. The van der Waals surface area contributed by atoms with Gasteiger partial charge in [0.15, 0.2) is 5.78 Å². The van der Waals surface area contributed by atoms with Gasteiger partial charge in [-0.25, -0.2) is 0 Å². The monoisotopic (exact) mass is 355 g/mol. The van der Waals surface area contributed by atoms with Crippen LogP contribution in [-0.2, 0) is 6.54 Å². The summed E-state index contributed by atoms with van der Waals surface area (Å²) in [5.74, 6) is 0.126. The van der Waals surface area contributed by atoms with Gasteiger partial charge in [-0.1, -0.05) is 77.4 Å². The Labute approximate surface area is 134 Å². The largest absolute Gasteiger partial charge is 0.326 e. The van der Waals surface area contributed by atoms with Gasteiger partial charge >= 0.3 is 0 Å². The highest BCUT2D eigenvalue weighted by Crippen LogP contribution is 2.08. The molecule has 0 saturated carbocycles. The number of carbonyl (C=O) groups excluding carboxylic acids is 1. The van der Waals surface area contributed by atoms with E-state index in [1.165, 1.54) is 0 Å². The summed E-state index contributed by atoms with van der Waals surface area (Å²) >= 11 is 8.73. The zero-order chi connectivity index (χ0) is 14.1. The van der Waals surface area contributed by atoms with Crippen LogP contribution in [0.15, 0.2) is 54.6 Å². The molecule has 0 spiro atoms. The Morgan fingerprint density at radius 3 is 2.05 bits per heavy atom. The average Bonchev–Trinajstić information content (AvgIpc) is 2.49. The molecular formula is C16H19BrClNO. The molecule has 0 bridgehead atoms. The zero-order valence-electron chi connectivity index (χ0n) is 10.4. The van der Waals surface area contributed by atoms with Gasteiger partial charge in [0, 0.05) is 17.1 Å². The molecule has 0 heterocycles. The maximum Gasteiger partial charge on any atom is 0.173 e. The van der Waals surface area contributed by atoms with E-state index in [1.807, 2.05) is 54.6 Å². The molecule has 4 heteroatoms. The quantitative estimate of drug-likeness (QED) is 0.640. The molecule has 0 unspecified atom stereocenters. The van der Waals surface area contributed by atoms with Crippen LogP contribution in [0.4, 0.5) is 0 Å². The molecule has 0 saturated heterocycles. The maximum absolute atomic E-state index is 11.0. The normalized spacial score (nSPS) is 8.95. The van der Waals surface area contributed by atoms with Crippen LogP contribution >= 0.6 is 27.5 Å². The SMILES string of the molecule is C.NCc1ccc(Cl)cc1.O=C(CBr)c1ccccc1. The van der Waals surface area contributed by atoms with Crippen molar-refractivity contribution in [1.29, 1.82) is 0 Å². The molecule has 2 aromatic carbocycles. The van der Waals surface area contributed by atoms with Crippen molar-refractivity contribution in [3.8, 4) is 0 Å². The fourth-order valence-electron chi connectivity index (χ4n) is 1.32. The van der Waals surface area contributed by atoms with Crippen LogP contribution in [0, 0.1) is 0 Å². The van der Waals surface area contributed by atoms with Gasteiger partial charge < -0.3 is 5.73 Å². The minimum Gasteiger partial charge on any atom is -0.326 e. The van der Waals surface area contributed by atoms with Gasteiger partial charge in [-0.15, -0.1) is 0 Å². The third-order valence-electron chi connectivity index (χ3n) is 2.37. The molecule has 0 radical (unpaired) electrons. The number of carbonyl (C=O) groups is 1. The predicted molar refractivity (Wildman–Crippen MR) is 90.6 cm³/mol. The molecule has 0 aliphatic carbocycles. The molecule has 0 aliphatic rings. The number of hydrogen-bond donors (Lipinski definition) is 1. The van der Waals surface area contributed by atoms with E-state index in [2.05, 4.69) is 15.9 Å². The lowest BCUT2D eigenvalue weighted by Crippen LogP contribution is -1.98. The van der Waals surface area contributed by atoms with Gasteiger partial charge in [-0.2, -0.15) is 0 Å². The van der Waals surface area contributed by atoms with Crippen LogP contribution in [0.5, 0.6) is 0 Å². The van der Waals surface area contributed by atoms with Gasteiger partial charge in [-0.05, 0) is 17.7 Å². The summed E-state index contributed by atoms with van der Waals surface area (Å²) < 4.78 is 0. The first-order valence-electron chi connectivity index (χ1n) is 5.76. The Balaban J connectivity index is 0.000000345. The second-order valence-electron chi connectivity index (χ2n) is 3.75. The predicted octanol–water partition coefficient (Wildman–Crippen LogP) is 4.70. The highest BCUT2D eigenvalue weighted by molar-refractivity contribution is 9.09. The van der Waals surface area contributed by atoms with Crippen molar-refractivity contribution in [2.45, 2.75) is 14.0 Å². The maximum atomic E-state index is 11.0. The van der Waals surface area contributed by atoms with Crippen molar-refractivity contribution in [2.75, 3.05) is 5.33 Å². The van der Waals surface area contributed by atoms with Gasteiger partial charge in [0.2, 0.25) is 0 Å². The van der Waals surface area contributed by atoms with Crippen LogP contribution in [0.25, 0.3) is 0 Å². The van der Waals surface area contributed by atoms with Crippen molar-refractivity contribution < 1.29 is 4.79 Å². The van der Waals surface area contributed by atoms with Crippen molar-refractivity contribution in [3.63, 3.8) is 0 Å². The summed E-state index contributed by atoms with van der Waals surface area (Å²) in [5, 5.41) is 1.16. The van der Waals surface area contributed by atoms with E-state index in [9.17, 15) is 4.79 Å². The Morgan fingerprint density at radius 1 is 1.05 bits per heavy atom. The van der Waals surface area contributed by atoms with Crippen molar-refractivity contribution in [3.05, 3.63) is 70.7 Å². The van der Waals surface area contributed by atoms with Crippen molar-refractivity contribution in [2.24, 2.45) is 5.73 Å². The van der Waals surface area contributed by atoms with E-state index in [4.69, 9.17) is 17.3 Å². The summed E-state index contributed by atoms with van der Waals surface area (Å²) in [7, 11) is 0. The Morgan fingerprint density at radius 2 is 1.60 bits per heavy atom. The molecule has 2 nitrogen and oxygen atoms in total. The van der Waals surface area contributed by atoms with E-state index in [0.717, 1.165) is 16.1 Å². The summed E-state index contributed by atoms with van der Waals surface area (Å²) in [6, 6.07) is 16.7. The van der Waals surface area contributed by atoms with Gasteiger partial charge in [0.05, 0.1) is 5.33 Å². The molecule has 0 atom stereocenters. The van der Waals surface area contributed by atoms with Crippen LogP contribution in [-0.4, -0.2) is 11.1 Å². The number of rotatable bonds is 3. The highest BCUT2D eigenvalue weighted by atomic mass is 79.9. The van der Waals surface area contributed by atoms with Gasteiger partial charge in [-0.3, -0.25) is 4.79 Å². The van der Waals surface area contributed by atoms with E-state index < -0.39 is 0 Å². The first kappa shape index (κ1) is 18.8. The standard InChI is InChI=1S/C8H7BrO.C7H8ClN.CH4/c9-6-8(10)7-4-2-1-3-5-7;8-7-3-1-6(5-9)2-4-7;/h1-5H,6H2;1-4H,5,9H2;1H4. The van der Waals surface area contributed by atoms with Crippen LogP contribution < -0.4 is 5.73 Å². The molecule has 0 aliphatic heterocycles. The zero-order valence-corrected chi connectivity index (χ0v) is 12.7. The molecule has 0 aromatic heterocycles. The minimum atomic E-state index is 0. The second-order valence-corrected chi connectivity index (χ2v) is 4.75. The van der Waals surface area contributed by atoms with E-state index in [1.54, 1.807) is 0 Å². The lowest BCUT2D eigenvalue weighted by Gasteiger charge is -1.93. The number of Topliss-reactive ketones (excluding diaryl/α,β-unsaturated/α-hetero) is 1. The fourth-order valence-corrected chi connectivity index (χ4v) is 1.77. The first-order chi connectivity index (χ1) is 9.17. The lowest BCUT2D eigenvalue weighted by molar-refractivity contribution is 0.102. The van der Waals surface area contributed by atoms with E-state index >= 15 is 0 Å². The van der Waals surface area contributed by atoms with Crippen molar-refractivity contribution >= 4 is 33.3 Å². The fraction of sp³-hybridized carbons (Fsp3) is 0.188. The number of nitrogens with two attached hydrogens (primary N) is 1. The summed E-state index contributed by atoms with van der Waals surface area (Å²) in [5.41, 5.74) is 7.23. The van der Waals surface area contributed by atoms with Gasteiger partial charge in [0.1, 0.15) is 0 Å². The van der Waals surface area contributed by atoms with E-state index in [-0.39, 0.29) is 13.2 Å². The van der Waals surface area contributed by atoms with E-state index in [0.29, 0.717) is 11.9 Å². The average molecular weight is 357 g/mol. The second kappa shape index (κ2) is 10.6. The Bertz CT molecular complexity index is 500.